The molecule has 28 heavy (non-hydrogen) atoms. The minimum Gasteiger partial charge on any atom is -0.444 e. The molecule has 2 amide bonds. The van der Waals surface area contributed by atoms with Crippen LogP contribution in [0.4, 0.5) is 18.4 Å². The molecule has 0 aromatic heterocycles. The van der Waals surface area contributed by atoms with Crippen LogP contribution in [0.1, 0.15) is 53.9 Å². The van der Waals surface area contributed by atoms with Gasteiger partial charge in [0.15, 0.2) is 0 Å². The van der Waals surface area contributed by atoms with Gasteiger partial charge < -0.3 is 19.7 Å². The number of amides is 2. The van der Waals surface area contributed by atoms with E-state index in [2.05, 4.69) is 24.1 Å². The van der Waals surface area contributed by atoms with Gasteiger partial charge in [0, 0.05) is 38.6 Å². The van der Waals surface area contributed by atoms with Crippen molar-refractivity contribution in [3.05, 3.63) is 0 Å². The molecular weight excluding hydrogens is 372 g/mol. The van der Waals surface area contributed by atoms with Gasteiger partial charge in [0.1, 0.15) is 17.7 Å². The fourth-order valence-electron chi connectivity index (χ4n) is 3.52. The van der Waals surface area contributed by atoms with E-state index in [1.165, 1.54) is 4.90 Å². The van der Waals surface area contributed by atoms with Crippen molar-refractivity contribution in [1.82, 2.24) is 15.1 Å². The molecule has 0 aromatic carbocycles. The van der Waals surface area contributed by atoms with Crippen LogP contribution in [0, 0.1) is 0 Å². The van der Waals surface area contributed by atoms with Crippen molar-refractivity contribution in [2.45, 2.75) is 83.6 Å². The van der Waals surface area contributed by atoms with E-state index < -0.39 is 35.9 Å². The predicted octanol–water partition coefficient (Wildman–Crippen LogP) is 3.23. The number of nitrogens with one attached hydrogen (secondary N) is 1. The lowest BCUT2D eigenvalue weighted by atomic mass is 9.89. The van der Waals surface area contributed by atoms with E-state index in [0.29, 0.717) is 32.2 Å². The molecule has 2 rings (SSSR count). The number of alkyl carbamates (subject to hydrolysis) is 1. The quantitative estimate of drug-likeness (QED) is 0.781. The van der Waals surface area contributed by atoms with Crippen LogP contribution < -0.4 is 5.32 Å². The molecule has 1 saturated heterocycles. The first-order valence-electron chi connectivity index (χ1n) is 9.96. The lowest BCUT2D eigenvalue weighted by Gasteiger charge is -2.40. The zero-order valence-corrected chi connectivity index (χ0v) is 17.5. The number of piperazine rings is 1. The second-order valence-corrected chi connectivity index (χ2v) is 8.82. The zero-order chi connectivity index (χ0) is 21.1. The molecule has 1 aliphatic heterocycles. The highest BCUT2D eigenvalue weighted by Crippen LogP contribution is 2.35. The van der Waals surface area contributed by atoms with Crippen LogP contribution >= 0.6 is 0 Å². The summed E-state index contributed by atoms with van der Waals surface area (Å²) in [7, 11) is 0. The SMILES string of the molecule is CC(C)N1CCN(C(=O)O[C@H]2CCCC(F)(F)[C@@H]2NC(=O)OC(C)(C)C)CC1. The molecular formula is C19H33F2N3O4. The highest BCUT2D eigenvalue weighted by atomic mass is 19.3. The van der Waals surface area contributed by atoms with Crippen molar-refractivity contribution in [1.29, 1.82) is 0 Å². The summed E-state index contributed by atoms with van der Waals surface area (Å²) in [5.74, 6) is -3.17. The van der Waals surface area contributed by atoms with Crippen LogP contribution in [0.15, 0.2) is 0 Å². The Balaban J connectivity index is 1.99. The van der Waals surface area contributed by atoms with Gasteiger partial charge in [-0.05, 0) is 47.5 Å². The van der Waals surface area contributed by atoms with E-state index in [-0.39, 0.29) is 19.3 Å². The third-order valence-corrected chi connectivity index (χ3v) is 5.05. The second-order valence-electron chi connectivity index (χ2n) is 8.82. The molecule has 0 bridgehead atoms. The molecule has 0 unspecified atom stereocenters. The summed E-state index contributed by atoms with van der Waals surface area (Å²) in [4.78, 5) is 28.3. The number of alkyl halides is 2. The van der Waals surface area contributed by atoms with E-state index in [1.807, 2.05) is 0 Å². The maximum absolute atomic E-state index is 14.5. The second kappa shape index (κ2) is 8.80. The summed E-state index contributed by atoms with van der Waals surface area (Å²) in [6, 6.07) is -1.21. The Morgan fingerprint density at radius 1 is 1.14 bits per heavy atom. The fraction of sp³-hybridized carbons (Fsp3) is 0.895. The molecule has 1 N–H and O–H groups in total. The Kier molecular flexibility index (Phi) is 7.12. The number of nitrogens with zero attached hydrogens (tertiary/aromatic N) is 2. The minimum atomic E-state index is -3.17. The molecule has 9 heteroatoms. The van der Waals surface area contributed by atoms with Crippen molar-refractivity contribution in [3.63, 3.8) is 0 Å². The summed E-state index contributed by atoms with van der Waals surface area (Å²) in [5.41, 5.74) is -0.809. The normalized spacial score (nSPS) is 26.1. The maximum Gasteiger partial charge on any atom is 0.410 e. The van der Waals surface area contributed by atoms with Crippen molar-refractivity contribution in [2.75, 3.05) is 26.2 Å². The predicted molar refractivity (Wildman–Crippen MR) is 101 cm³/mol. The summed E-state index contributed by atoms with van der Waals surface area (Å²) in [6.45, 7) is 11.5. The van der Waals surface area contributed by atoms with Gasteiger partial charge in [0.25, 0.3) is 5.92 Å². The Morgan fingerprint density at radius 3 is 2.29 bits per heavy atom. The molecule has 1 heterocycles. The Hall–Kier alpha value is -1.64. The van der Waals surface area contributed by atoms with Crippen LogP contribution in [-0.2, 0) is 9.47 Å². The van der Waals surface area contributed by atoms with Crippen molar-refractivity contribution in [3.8, 4) is 0 Å². The van der Waals surface area contributed by atoms with Crippen molar-refractivity contribution >= 4 is 12.2 Å². The van der Waals surface area contributed by atoms with E-state index in [1.54, 1.807) is 20.8 Å². The molecule has 162 valence electrons. The molecule has 0 spiro atoms. The molecule has 7 nitrogen and oxygen atoms in total. The Bertz CT molecular complexity index is 558. The lowest BCUT2D eigenvalue weighted by Crippen LogP contribution is -2.59. The third kappa shape index (κ3) is 6.18. The first-order valence-corrected chi connectivity index (χ1v) is 9.96. The number of carbonyl (C=O) groups is 2. The first kappa shape index (κ1) is 22.6. The van der Waals surface area contributed by atoms with Gasteiger partial charge in [-0.1, -0.05) is 0 Å². The number of hydrogen-bond donors (Lipinski definition) is 1. The molecule has 0 aromatic rings. The summed E-state index contributed by atoms with van der Waals surface area (Å²) in [5, 5.41) is 2.23. The van der Waals surface area contributed by atoms with Crippen molar-refractivity contribution in [2.24, 2.45) is 0 Å². The molecule has 2 aliphatic rings. The zero-order valence-electron chi connectivity index (χ0n) is 17.5. The molecule has 1 aliphatic carbocycles. The number of halogens is 2. The van der Waals surface area contributed by atoms with Crippen LogP contribution in [-0.4, -0.2) is 77.9 Å². The first-order chi connectivity index (χ1) is 12.9. The van der Waals surface area contributed by atoms with E-state index in [0.717, 1.165) is 0 Å². The Morgan fingerprint density at radius 2 is 1.75 bits per heavy atom. The number of ether oxygens (including phenoxy) is 2. The summed E-state index contributed by atoms with van der Waals surface area (Å²) < 4.78 is 39.4. The van der Waals surface area contributed by atoms with Gasteiger partial charge in [-0.3, -0.25) is 4.90 Å². The van der Waals surface area contributed by atoms with Gasteiger partial charge in [0.05, 0.1) is 0 Å². The lowest BCUT2D eigenvalue weighted by molar-refractivity contribution is -0.113. The minimum absolute atomic E-state index is 0.221. The smallest absolute Gasteiger partial charge is 0.410 e. The molecule has 0 radical (unpaired) electrons. The maximum atomic E-state index is 14.5. The number of rotatable bonds is 3. The average molecular weight is 405 g/mol. The highest BCUT2D eigenvalue weighted by molar-refractivity contribution is 5.69. The largest absolute Gasteiger partial charge is 0.444 e. The summed E-state index contributed by atoms with van der Waals surface area (Å²) >= 11 is 0. The van der Waals surface area contributed by atoms with Gasteiger partial charge in [-0.25, -0.2) is 18.4 Å². The molecule has 2 fully saturated rings. The topological polar surface area (TPSA) is 71.1 Å². The molecule has 1 saturated carbocycles. The van der Waals surface area contributed by atoms with Gasteiger partial charge in [-0.15, -0.1) is 0 Å². The Labute approximate surface area is 165 Å². The van der Waals surface area contributed by atoms with E-state index in [4.69, 9.17) is 9.47 Å². The van der Waals surface area contributed by atoms with E-state index >= 15 is 0 Å². The fourth-order valence-corrected chi connectivity index (χ4v) is 3.52. The van der Waals surface area contributed by atoms with Gasteiger partial charge in [-0.2, -0.15) is 0 Å². The standard InChI is InChI=1S/C19H33F2N3O4/c1-13(2)23-9-11-24(12-10-23)17(26)27-14-7-6-8-19(20,21)15(14)22-16(25)28-18(3,4)5/h13-15H,6-12H2,1-5H3,(H,22,25)/t14-,15+/m0/s1. The molecule has 2 atom stereocenters. The van der Waals surface area contributed by atoms with Crippen LogP contribution in [0.5, 0.6) is 0 Å². The van der Waals surface area contributed by atoms with E-state index in [9.17, 15) is 18.4 Å². The van der Waals surface area contributed by atoms with Gasteiger partial charge in [0.2, 0.25) is 0 Å². The van der Waals surface area contributed by atoms with Gasteiger partial charge >= 0.3 is 12.2 Å². The average Bonchev–Trinajstić information content (AvgIpc) is 2.56. The number of carbonyl (C=O) groups excluding carboxylic acids is 2. The number of hydrogen-bond acceptors (Lipinski definition) is 5. The third-order valence-electron chi connectivity index (χ3n) is 5.05. The monoisotopic (exact) mass is 405 g/mol. The van der Waals surface area contributed by atoms with Crippen LogP contribution in [0.2, 0.25) is 0 Å². The van der Waals surface area contributed by atoms with Crippen LogP contribution in [0.3, 0.4) is 0 Å². The van der Waals surface area contributed by atoms with Crippen LogP contribution in [0.25, 0.3) is 0 Å². The van der Waals surface area contributed by atoms with Crippen molar-refractivity contribution < 1.29 is 27.8 Å². The summed E-state index contributed by atoms with van der Waals surface area (Å²) in [6.07, 6.45) is -2.51. The highest BCUT2D eigenvalue weighted by Gasteiger charge is 2.50.